The molecule has 4 aromatic rings. The largest absolute Gasteiger partial charge is 0.350 e. The number of halogens is 2. The van der Waals surface area contributed by atoms with Crippen molar-refractivity contribution in [2.24, 2.45) is 0 Å². The quantitative estimate of drug-likeness (QED) is 0.455. The lowest BCUT2D eigenvalue weighted by Crippen LogP contribution is -2.43. The molecule has 4 rings (SSSR count). The molecule has 168 valence electrons. The zero-order chi connectivity index (χ0) is 23.9. The van der Waals surface area contributed by atoms with Crippen molar-refractivity contribution in [1.29, 1.82) is 0 Å². The lowest BCUT2D eigenvalue weighted by Gasteiger charge is -2.16. The van der Waals surface area contributed by atoms with E-state index in [1.54, 1.807) is 0 Å². The number of nitrogens with one attached hydrogen (secondary N) is 1. The highest BCUT2D eigenvalue weighted by molar-refractivity contribution is 7.90. The Bertz CT molecular complexity index is 1640. The second-order valence-corrected chi connectivity index (χ2v) is 9.52. The first-order chi connectivity index (χ1) is 15.6. The number of carbonyl (C=O) groups excluding carboxylic acids is 1. The minimum absolute atomic E-state index is 0.0116. The average Bonchev–Trinajstić information content (AvgIpc) is 2.74. The standard InChI is InChI=1S/C21H14Cl2N4O5S/c1-12(28)25-19-17(3-2-10-24-19)26-18-11-14(23)6-9-16(18)20(29)27(21(26)30)33(31,32)15-7-4-13(22)5-8-15/h2-11H,1H3,(H,24,25,28). The first-order valence-electron chi connectivity index (χ1n) is 9.32. The fourth-order valence-corrected chi connectivity index (χ4v) is 4.84. The summed E-state index contributed by atoms with van der Waals surface area (Å²) in [5.41, 5.74) is -2.16. The molecule has 9 nitrogen and oxygen atoms in total. The summed E-state index contributed by atoms with van der Waals surface area (Å²) in [7, 11) is -4.61. The van der Waals surface area contributed by atoms with Crippen LogP contribution in [0.15, 0.2) is 75.3 Å². The molecule has 12 heteroatoms. The van der Waals surface area contributed by atoms with Crippen LogP contribution in [0.1, 0.15) is 6.92 Å². The van der Waals surface area contributed by atoms with Crippen LogP contribution in [0, 0.1) is 0 Å². The second-order valence-electron chi connectivity index (χ2n) is 6.86. The normalized spacial score (nSPS) is 11.5. The Balaban J connectivity index is 2.17. The molecule has 0 saturated carbocycles. The summed E-state index contributed by atoms with van der Waals surface area (Å²) < 4.78 is 27.8. The van der Waals surface area contributed by atoms with Crippen molar-refractivity contribution >= 4 is 55.9 Å². The minimum atomic E-state index is -4.61. The molecule has 0 spiro atoms. The molecule has 0 fully saturated rings. The summed E-state index contributed by atoms with van der Waals surface area (Å²) in [5.74, 6) is -0.477. The van der Waals surface area contributed by atoms with Gasteiger partial charge in [-0.2, -0.15) is 0 Å². The summed E-state index contributed by atoms with van der Waals surface area (Å²) in [6.45, 7) is 1.25. The third kappa shape index (κ3) is 4.04. The van der Waals surface area contributed by atoms with Crippen LogP contribution in [0.25, 0.3) is 16.6 Å². The van der Waals surface area contributed by atoms with Gasteiger partial charge in [0.2, 0.25) is 5.91 Å². The van der Waals surface area contributed by atoms with Gasteiger partial charge in [0.05, 0.1) is 21.5 Å². The lowest BCUT2D eigenvalue weighted by atomic mass is 10.2. The SMILES string of the molecule is CC(=O)Nc1ncccc1-n1c(=O)n(S(=O)(=O)c2ccc(Cl)cc2)c(=O)c2ccc(Cl)cc21. The molecule has 0 aliphatic carbocycles. The summed E-state index contributed by atoms with van der Waals surface area (Å²) >= 11 is 12.0. The predicted octanol–water partition coefficient (Wildman–Crippen LogP) is 3.05. The number of nitrogens with zero attached hydrogens (tertiary/aromatic N) is 3. The van der Waals surface area contributed by atoms with E-state index in [1.807, 2.05) is 0 Å². The molecule has 0 bridgehead atoms. The first kappa shape index (κ1) is 22.7. The number of benzene rings is 2. The Morgan fingerprint density at radius 3 is 2.33 bits per heavy atom. The molecule has 0 aliphatic rings. The van der Waals surface area contributed by atoms with E-state index in [4.69, 9.17) is 23.2 Å². The van der Waals surface area contributed by atoms with Gasteiger partial charge < -0.3 is 5.32 Å². The van der Waals surface area contributed by atoms with Gasteiger partial charge in [-0.25, -0.2) is 18.2 Å². The van der Waals surface area contributed by atoms with E-state index in [1.165, 1.54) is 67.7 Å². The van der Waals surface area contributed by atoms with Gasteiger partial charge in [0.1, 0.15) is 0 Å². The predicted molar refractivity (Wildman–Crippen MR) is 125 cm³/mol. The smallest absolute Gasteiger partial charge is 0.309 e. The van der Waals surface area contributed by atoms with Crippen LogP contribution >= 0.6 is 23.2 Å². The summed E-state index contributed by atoms with van der Waals surface area (Å²) in [6, 6.07) is 12.0. The minimum Gasteiger partial charge on any atom is -0.309 e. The number of hydrogen-bond donors (Lipinski definition) is 1. The molecule has 1 N–H and O–H groups in total. The van der Waals surface area contributed by atoms with E-state index in [2.05, 4.69) is 10.3 Å². The summed E-state index contributed by atoms with van der Waals surface area (Å²) in [5, 5.41) is 2.89. The highest BCUT2D eigenvalue weighted by Gasteiger charge is 2.27. The lowest BCUT2D eigenvalue weighted by molar-refractivity contribution is -0.114. The number of hydrogen-bond acceptors (Lipinski definition) is 6. The number of aromatic nitrogens is 3. The van der Waals surface area contributed by atoms with Gasteiger partial charge >= 0.3 is 5.69 Å². The molecule has 0 unspecified atom stereocenters. The second kappa shape index (κ2) is 8.47. The van der Waals surface area contributed by atoms with Crippen molar-refractivity contribution in [3.05, 3.63) is 91.7 Å². The molecule has 2 aromatic heterocycles. The topological polar surface area (TPSA) is 120 Å². The van der Waals surface area contributed by atoms with Gasteiger partial charge in [-0.05, 0) is 54.6 Å². The number of carbonyl (C=O) groups is 1. The maximum atomic E-state index is 13.6. The number of rotatable bonds is 4. The van der Waals surface area contributed by atoms with Crippen molar-refractivity contribution in [3.8, 4) is 5.69 Å². The molecular weight excluding hydrogens is 491 g/mol. The molecule has 33 heavy (non-hydrogen) atoms. The van der Waals surface area contributed by atoms with Crippen molar-refractivity contribution in [2.45, 2.75) is 11.8 Å². The van der Waals surface area contributed by atoms with Crippen LogP contribution in [-0.4, -0.2) is 27.8 Å². The molecular formula is C21H14Cl2N4O5S. The zero-order valence-corrected chi connectivity index (χ0v) is 19.1. The fourth-order valence-electron chi connectivity index (χ4n) is 3.26. The van der Waals surface area contributed by atoms with Crippen LogP contribution in [0.4, 0.5) is 5.82 Å². The third-order valence-corrected chi connectivity index (χ3v) is 6.81. The zero-order valence-electron chi connectivity index (χ0n) is 16.8. The van der Waals surface area contributed by atoms with Gasteiger partial charge in [-0.15, -0.1) is 3.97 Å². The van der Waals surface area contributed by atoms with E-state index in [9.17, 15) is 22.8 Å². The van der Waals surface area contributed by atoms with Gasteiger partial charge in [-0.3, -0.25) is 14.2 Å². The number of pyridine rings is 1. The van der Waals surface area contributed by atoms with Gasteiger partial charge in [0.15, 0.2) is 5.82 Å². The van der Waals surface area contributed by atoms with Crippen LogP contribution in [0.3, 0.4) is 0 Å². The Labute approximate surface area is 196 Å². The Kier molecular flexibility index (Phi) is 5.83. The van der Waals surface area contributed by atoms with Crippen molar-refractivity contribution in [1.82, 2.24) is 13.5 Å². The molecule has 0 saturated heterocycles. The molecule has 1 amide bonds. The summed E-state index contributed by atoms with van der Waals surface area (Å²) in [4.78, 5) is 42.2. The van der Waals surface area contributed by atoms with Crippen LogP contribution in [-0.2, 0) is 14.8 Å². The van der Waals surface area contributed by atoms with Crippen molar-refractivity contribution in [2.75, 3.05) is 5.32 Å². The molecule has 0 radical (unpaired) electrons. The van der Waals surface area contributed by atoms with E-state index < -0.39 is 27.2 Å². The first-order valence-corrected chi connectivity index (χ1v) is 11.5. The summed E-state index contributed by atoms with van der Waals surface area (Å²) in [6.07, 6.45) is 1.38. The number of fused-ring (bicyclic) bond motifs is 1. The Hall–Kier alpha value is -3.47. The maximum Gasteiger partial charge on any atom is 0.350 e. The van der Waals surface area contributed by atoms with Gasteiger partial charge in [0, 0.05) is 23.2 Å². The molecule has 2 aromatic carbocycles. The van der Waals surface area contributed by atoms with E-state index in [0.717, 1.165) is 4.57 Å². The monoisotopic (exact) mass is 504 g/mol. The Morgan fingerprint density at radius 1 is 1.00 bits per heavy atom. The third-order valence-electron chi connectivity index (χ3n) is 4.65. The number of anilines is 1. The van der Waals surface area contributed by atoms with E-state index >= 15 is 0 Å². The highest BCUT2D eigenvalue weighted by Crippen LogP contribution is 2.23. The van der Waals surface area contributed by atoms with Crippen LogP contribution in [0.5, 0.6) is 0 Å². The Morgan fingerprint density at radius 2 is 1.67 bits per heavy atom. The van der Waals surface area contributed by atoms with E-state index in [0.29, 0.717) is 0 Å². The van der Waals surface area contributed by atoms with Crippen LogP contribution in [0.2, 0.25) is 10.0 Å². The van der Waals surface area contributed by atoms with Crippen molar-refractivity contribution in [3.63, 3.8) is 0 Å². The highest BCUT2D eigenvalue weighted by atomic mass is 35.5. The molecule has 2 heterocycles. The molecule has 0 aliphatic heterocycles. The van der Waals surface area contributed by atoms with Crippen LogP contribution < -0.4 is 16.6 Å². The van der Waals surface area contributed by atoms with Crippen molar-refractivity contribution < 1.29 is 13.2 Å². The average molecular weight is 505 g/mol. The van der Waals surface area contributed by atoms with Gasteiger partial charge in [-0.1, -0.05) is 23.2 Å². The maximum absolute atomic E-state index is 13.6. The number of amides is 1. The fraction of sp³-hybridized carbons (Fsp3) is 0.0476. The van der Waals surface area contributed by atoms with E-state index in [-0.39, 0.29) is 41.3 Å². The van der Waals surface area contributed by atoms with Gasteiger partial charge in [0.25, 0.3) is 15.6 Å². The molecule has 0 atom stereocenters.